The van der Waals surface area contributed by atoms with Gasteiger partial charge in [-0.05, 0) is 12.1 Å². The van der Waals surface area contributed by atoms with Gasteiger partial charge >= 0.3 is 0 Å². The molecule has 3 heterocycles. The van der Waals surface area contributed by atoms with Gasteiger partial charge in [0.05, 0.1) is 32.5 Å². The van der Waals surface area contributed by atoms with Crippen molar-refractivity contribution in [2.24, 2.45) is 0 Å². The molecule has 2 atom stereocenters. The lowest BCUT2D eigenvalue weighted by Gasteiger charge is -2.25. The summed E-state index contributed by atoms with van der Waals surface area (Å²) < 4.78 is 23.9. The summed E-state index contributed by atoms with van der Waals surface area (Å²) in [6.45, 7) is 0. The summed E-state index contributed by atoms with van der Waals surface area (Å²) in [7, 11) is 4.73. The number of benzene rings is 3. The van der Waals surface area contributed by atoms with Crippen LogP contribution in [0.4, 0.5) is 5.69 Å². The van der Waals surface area contributed by atoms with Crippen molar-refractivity contribution in [3.63, 3.8) is 0 Å². The van der Waals surface area contributed by atoms with E-state index in [9.17, 15) is 5.11 Å². The first-order chi connectivity index (χ1) is 15.6. The van der Waals surface area contributed by atoms with E-state index in [1.54, 1.807) is 21.3 Å². The van der Waals surface area contributed by atoms with Gasteiger partial charge in [0.2, 0.25) is 6.23 Å². The van der Waals surface area contributed by atoms with Gasteiger partial charge < -0.3 is 34.4 Å². The Balaban J connectivity index is 1.71. The predicted molar refractivity (Wildman–Crippen MR) is 121 cm³/mol. The smallest absolute Gasteiger partial charge is 0.208 e. The van der Waals surface area contributed by atoms with Gasteiger partial charge in [0.15, 0.2) is 28.6 Å². The highest BCUT2D eigenvalue weighted by Crippen LogP contribution is 2.63. The number of para-hydroxylation sites is 2. The number of nitrogens with one attached hydrogen (secondary N) is 2. The fourth-order valence-electron chi connectivity index (χ4n) is 5.05. The van der Waals surface area contributed by atoms with Gasteiger partial charge in [0, 0.05) is 33.9 Å². The molecule has 0 spiro atoms. The van der Waals surface area contributed by atoms with Crippen LogP contribution in [0.15, 0.2) is 54.7 Å². The van der Waals surface area contributed by atoms with Gasteiger partial charge in [-0.15, -0.1) is 0 Å². The van der Waals surface area contributed by atoms with Crippen LogP contribution < -0.4 is 24.3 Å². The zero-order chi connectivity index (χ0) is 22.0. The van der Waals surface area contributed by atoms with Crippen LogP contribution in [0.25, 0.3) is 22.0 Å². The second-order valence-electron chi connectivity index (χ2n) is 7.88. The molecule has 0 saturated heterocycles. The number of anilines is 1. The molecular weight excluding hydrogens is 408 g/mol. The highest BCUT2D eigenvalue weighted by Gasteiger charge is 2.58. The second kappa shape index (κ2) is 6.58. The predicted octanol–water partition coefficient (Wildman–Crippen LogP) is 4.24. The van der Waals surface area contributed by atoms with Crippen molar-refractivity contribution in [3.8, 4) is 34.1 Å². The van der Waals surface area contributed by atoms with E-state index in [0.717, 1.165) is 22.2 Å². The monoisotopic (exact) mass is 430 g/mol. The first-order valence-electron chi connectivity index (χ1n) is 10.3. The molecule has 1 aromatic heterocycles. The molecule has 0 amide bonds. The SMILES string of the molecule is COc1c(OC)c2c(c(OC)c1-c1c[nH]c3ccccc13)O[C@H]1Nc3ccccc3[C@]21O. The minimum absolute atomic E-state index is 0.409. The molecule has 2 aliphatic heterocycles. The highest BCUT2D eigenvalue weighted by molar-refractivity contribution is 6.01. The van der Waals surface area contributed by atoms with E-state index in [1.807, 2.05) is 54.7 Å². The van der Waals surface area contributed by atoms with Crippen LogP contribution in [0.2, 0.25) is 0 Å². The Kier molecular flexibility index (Phi) is 3.88. The lowest BCUT2D eigenvalue weighted by molar-refractivity contribution is 0.0172. The number of hydrogen-bond donors (Lipinski definition) is 3. The Hall–Kier alpha value is -3.84. The summed E-state index contributed by atoms with van der Waals surface area (Å²) in [5, 5.41) is 16.3. The molecule has 32 heavy (non-hydrogen) atoms. The summed E-state index contributed by atoms with van der Waals surface area (Å²) in [6.07, 6.45) is 1.19. The highest BCUT2D eigenvalue weighted by atomic mass is 16.6. The van der Waals surface area contributed by atoms with Crippen LogP contribution in [-0.4, -0.2) is 37.6 Å². The van der Waals surface area contributed by atoms with Gasteiger partial charge in [-0.3, -0.25) is 0 Å². The lowest BCUT2D eigenvalue weighted by atomic mass is 9.85. The maximum absolute atomic E-state index is 12.0. The number of rotatable bonds is 4. The summed E-state index contributed by atoms with van der Waals surface area (Å²) in [6, 6.07) is 15.6. The van der Waals surface area contributed by atoms with Crippen molar-refractivity contribution < 1.29 is 24.1 Å². The summed E-state index contributed by atoms with van der Waals surface area (Å²) in [4.78, 5) is 3.30. The topological polar surface area (TPSA) is 85.0 Å². The van der Waals surface area contributed by atoms with Crippen molar-refractivity contribution >= 4 is 16.6 Å². The largest absolute Gasteiger partial charge is 0.492 e. The van der Waals surface area contributed by atoms with Gasteiger partial charge in [0.1, 0.15) is 0 Å². The van der Waals surface area contributed by atoms with Crippen molar-refractivity contribution in [1.82, 2.24) is 4.98 Å². The average Bonchev–Trinajstić information content (AvgIpc) is 3.46. The van der Waals surface area contributed by atoms with E-state index in [1.165, 1.54) is 0 Å². The molecule has 0 bridgehead atoms. The van der Waals surface area contributed by atoms with Crippen LogP contribution >= 0.6 is 0 Å². The van der Waals surface area contributed by atoms with E-state index < -0.39 is 11.8 Å². The van der Waals surface area contributed by atoms with E-state index in [0.29, 0.717) is 39.7 Å². The van der Waals surface area contributed by atoms with Crippen LogP contribution in [-0.2, 0) is 5.60 Å². The average molecular weight is 430 g/mol. The molecule has 3 aromatic carbocycles. The Morgan fingerprint density at radius 3 is 2.41 bits per heavy atom. The van der Waals surface area contributed by atoms with E-state index in [2.05, 4.69) is 10.3 Å². The van der Waals surface area contributed by atoms with Crippen molar-refractivity contribution in [1.29, 1.82) is 0 Å². The first-order valence-corrected chi connectivity index (χ1v) is 10.3. The van der Waals surface area contributed by atoms with Crippen LogP contribution in [0, 0.1) is 0 Å². The number of methoxy groups -OCH3 is 3. The van der Waals surface area contributed by atoms with E-state index in [-0.39, 0.29) is 0 Å². The molecule has 0 fully saturated rings. The van der Waals surface area contributed by atoms with Gasteiger partial charge in [-0.2, -0.15) is 0 Å². The minimum Gasteiger partial charge on any atom is -0.492 e. The molecule has 7 heteroatoms. The van der Waals surface area contributed by atoms with Gasteiger partial charge in [-0.25, -0.2) is 0 Å². The first kappa shape index (κ1) is 18.9. The summed E-state index contributed by atoms with van der Waals surface area (Å²) >= 11 is 0. The molecule has 162 valence electrons. The molecule has 0 saturated carbocycles. The number of ether oxygens (including phenoxy) is 4. The fourth-order valence-corrected chi connectivity index (χ4v) is 5.05. The minimum atomic E-state index is -1.46. The van der Waals surface area contributed by atoms with Crippen LogP contribution in [0.3, 0.4) is 0 Å². The zero-order valence-electron chi connectivity index (χ0n) is 17.9. The summed E-state index contributed by atoms with van der Waals surface area (Å²) in [5.41, 5.74) is 3.11. The normalized spacial score (nSPS) is 20.2. The second-order valence-corrected chi connectivity index (χ2v) is 7.88. The van der Waals surface area contributed by atoms with Crippen LogP contribution in [0.5, 0.6) is 23.0 Å². The number of aliphatic hydroxyl groups is 1. The molecule has 0 radical (unpaired) electrons. The Morgan fingerprint density at radius 1 is 0.906 bits per heavy atom. The lowest BCUT2D eigenvalue weighted by Crippen LogP contribution is -2.38. The zero-order valence-corrected chi connectivity index (χ0v) is 17.9. The van der Waals surface area contributed by atoms with Gasteiger partial charge in [-0.1, -0.05) is 36.4 Å². The van der Waals surface area contributed by atoms with Gasteiger partial charge in [0.25, 0.3) is 0 Å². The number of aromatic amines is 1. The number of H-pyrrole nitrogens is 1. The molecule has 0 aliphatic carbocycles. The van der Waals surface area contributed by atoms with Crippen molar-refractivity contribution in [3.05, 3.63) is 65.9 Å². The number of fused-ring (bicyclic) bond motifs is 6. The van der Waals surface area contributed by atoms with E-state index >= 15 is 0 Å². The third-order valence-electron chi connectivity index (χ3n) is 6.41. The fraction of sp³-hybridized carbons (Fsp3) is 0.200. The maximum Gasteiger partial charge on any atom is 0.208 e. The molecule has 7 nitrogen and oxygen atoms in total. The Morgan fingerprint density at radius 2 is 1.62 bits per heavy atom. The van der Waals surface area contributed by atoms with Crippen molar-refractivity contribution in [2.45, 2.75) is 11.8 Å². The molecular formula is C25H22N2O5. The molecule has 0 unspecified atom stereocenters. The third kappa shape index (κ3) is 2.18. The van der Waals surface area contributed by atoms with E-state index in [4.69, 9.17) is 18.9 Å². The molecule has 2 aliphatic rings. The summed E-state index contributed by atoms with van der Waals surface area (Å²) in [5.74, 6) is 1.78. The molecule has 6 rings (SSSR count). The number of hydrogen-bond acceptors (Lipinski definition) is 6. The standard InChI is InChI=1S/C25H22N2O5/c1-29-20-18(14-12-26-16-10-6-4-8-13(14)16)21(30-2)23-19(22(20)31-3)25(28)15-9-5-7-11-17(15)27-24(25)32-23/h4-12,24,26-28H,1-3H3/t24-,25+/m1/s1. The third-order valence-corrected chi connectivity index (χ3v) is 6.41. The quantitative estimate of drug-likeness (QED) is 0.449. The number of aromatic nitrogens is 1. The Bertz CT molecular complexity index is 1380. The van der Waals surface area contributed by atoms with Crippen LogP contribution in [0.1, 0.15) is 11.1 Å². The molecule has 3 N–H and O–H groups in total. The Labute approximate surface area is 184 Å². The maximum atomic E-state index is 12.0. The van der Waals surface area contributed by atoms with Crippen molar-refractivity contribution in [2.75, 3.05) is 26.6 Å². The molecule has 4 aromatic rings.